The topological polar surface area (TPSA) is 102 Å². The Hall–Kier alpha value is -3.62. The molecule has 0 aromatic heterocycles. The number of anilines is 1. The lowest BCUT2D eigenvalue weighted by atomic mass is 10.1. The van der Waals surface area contributed by atoms with Gasteiger partial charge in [-0.15, -0.1) is 0 Å². The molecule has 1 heterocycles. The summed E-state index contributed by atoms with van der Waals surface area (Å²) < 4.78 is 28.6. The lowest BCUT2D eigenvalue weighted by molar-refractivity contribution is 0.0835. The van der Waals surface area contributed by atoms with E-state index in [1.165, 1.54) is 12.1 Å². The van der Waals surface area contributed by atoms with Gasteiger partial charge in [-0.25, -0.2) is 13.6 Å². The number of primary sulfonamides is 1. The van der Waals surface area contributed by atoms with E-state index in [1.807, 2.05) is 42.5 Å². The van der Waals surface area contributed by atoms with E-state index < -0.39 is 10.0 Å². The average Bonchev–Trinajstić information content (AvgIpc) is 2.96. The fourth-order valence-corrected chi connectivity index (χ4v) is 4.14. The molecule has 0 spiro atoms. The molecular formula is C25H25N3O4S. The van der Waals surface area contributed by atoms with Gasteiger partial charge in [0.2, 0.25) is 10.0 Å². The molecule has 0 radical (unpaired) electrons. The summed E-state index contributed by atoms with van der Waals surface area (Å²) >= 11 is 0. The second-order valence-corrected chi connectivity index (χ2v) is 9.20. The van der Waals surface area contributed by atoms with Crippen LogP contribution in [0.25, 0.3) is 5.70 Å². The lowest BCUT2D eigenvalue weighted by Gasteiger charge is -2.24. The van der Waals surface area contributed by atoms with Crippen LogP contribution in [0.5, 0.6) is 5.75 Å². The van der Waals surface area contributed by atoms with Gasteiger partial charge in [0.25, 0.3) is 5.91 Å². The molecule has 4 rings (SSSR count). The number of nitrogens with zero attached hydrogens (tertiary/aromatic N) is 1. The van der Waals surface area contributed by atoms with Crippen molar-refractivity contribution >= 4 is 27.3 Å². The summed E-state index contributed by atoms with van der Waals surface area (Å²) in [5.74, 6) is 0.452. The third kappa shape index (κ3) is 5.42. The molecule has 1 amide bonds. The van der Waals surface area contributed by atoms with Gasteiger partial charge in [-0.1, -0.05) is 42.5 Å². The molecule has 1 aliphatic rings. The van der Waals surface area contributed by atoms with Crippen molar-refractivity contribution in [2.24, 2.45) is 5.14 Å². The standard InChI is InChI=1S/C25H25N3O4S/c26-33(30,31)21-14-12-20(13-15-21)27-16-6-7-17-28-23(19-8-2-1-3-9-19)18-32-24-11-5-4-10-22(24)25(28)29/h1-5,8-15,18,27H,6-7,16-17H2,(H2,26,30,31). The van der Waals surface area contributed by atoms with E-state index in [1.54, 1.807) is 35.4 Å². The first kappa shape index (κ1) is 22.6. The van der Waals surface area contributed by atoms with Crippen LogP contribution in [0.4, 0.5) is 5.69 Å². The maximum atomic E-state index is 13.3. The normalized spacial score (nSPS) is 13.5. The van der Waals surface area contributed by atoms with Gasteiger partial charge in [-0.05, 0) is 49.2 Å². The van der Waals surface area contributed by atoms with Crippen molar-refractivity contribution in [3.05, 3.63) is 96.3 Å². The number of ether oxygens (including phenoxy) is 1. The van der Waals surface area contributed by atoms with Gasteiger partial charge in [-0.3, -0.25) is 4.79 Å². The zero-order chi connectivity index (χ0) is 23.3. The smallest absolute Gasteiger partial charge is 0.262 e. The van der Waals surface area contributed by atoms with Crippen molar-refractivity contribution < 1.29 is 17.9 Å². The fraction of sp³-hybridized carbons (Fsp3) is 0.160. The number of amides is 1. The predicted molar refractivity (Wildman–Crippen MR) is 128 cm³/mol. The molecule has 7 nitrogen and oxygen atoms in total. The Labute approximate surface area is 193 Å². The van der Waals surface area contributed by atoms with E-state index in [-0.39, 0.29) is 10.8 Å². The highest BCUT2D eigenvalue weighted by Gasteiger charge is 2.26. The Morgan fingerprint density at radius 2 is 1.58 bits per heavy atom. The maximum Gasteiger partial charge on any atom is 0.262 e. The predicted octanol–water partition coefficient (Wildman–Crippen LogP) is 4.06. The number of carbonyl (C=O) groups excluding carboxylic acids is 1. The number of nitrogens with one attached hydrogen (secondary N) is 1. The minimum absolute atomic E-state index is 0.0791. The number of nitrogens with two attached hydrogens (primary N) is 1. The summed E-state index contributed by atoms with van der Waals surface area (Å²) in [6, 6.07) is 23.3. The van der Waals surface area contributed by atoms with E-state index in [0.717, 1.165) is 29.8 Å². The zero-order valence-corrected chi connectivity index (χ0v) is 18.8. The summed E-state index contributed by atoms with van der Waals surface area (Å²) in [6.07, 6.45) is 3.22. The number of sulfonamides is 1. The first-order chi connectivity index (χ1) is 15.9. The number of hydrogen-bond acceptors (Lipinski definition) is 5. The van der Waals surface area contributed by atoms with Gasteiger partial charge in [0, 0.05) is 24.3 Å². The molecular weight excluding hydrogens is 438 g/mol. The molecule has 0 atom stereocenters. The van der Waals surface area contributed by atoms with Crippen LogP contribution in [-0.4, -0.2) is 32.3 Å². The van der Waals surface area contributed by atoms with Crippen LogP contribution in [0.1, 0.15) is 28.8 Å². The fourth-order valence-electron chi connectivity index (χ4n) is 3.63. The van der Waals surface area contributed by atoms with E-state index >= 15 is 0 Å². The molecule has 3 N–H and O–H groups in total. The number of para-hydroxylation sites is 1. The second-order valence-electron chi connectivity index (χ2n) is 7.64. The molecule has 0 aliphatic carbocycles. The van der Waals surface area contributed by atoms with Gasteiger partial charge in [-0.2, -0.15) is 0 Å². The van der Waals surface area contributed by atoms with Crippen molar-refractivity contribution in [2.75, 3.05) is 18.4 Å². The largest absolute Gasteiger partial charge is 0.462 e. The number of unbranched alkanes of at least 4 members (excludes halogenated alkanes) is 1. The highest BCUT2D eigenvalue weighted by Crippen LogP contribution is 2.30. The lowest BCUT2D eigenvalue weighted by Crippen LogP contribution is -2.30. The van der Waals surface area contributed by atoms with Gasteiger partial charge in [0.05, 0.1) is 16.2 Å². The molecule has 3 aromatic rings. The molecule has 3 aromatic carbocycles. The summed E-state index contributed by atoms with van der Waals surface area (Å²) in [4.78, 5) is 15.2. The van der Waals surface area contributed by atoms with Crippen LogP contribution >= 0.6 is 0 Å². The van der Waals surface area contributed by atoms with Crippen LogP contribution in [0, 0.1) is 0 Å². The molecule has 0 saturated carbocycles. The van der Waals surface area contributed by atoms with Crippen molar-refractivity contribution in [3.8, 4) is 5.75 Å². The Bertz CT molecular complexity index is 1260. The first-order valence-electron chi connectivity index (χ1n) is 10.6. The van der Waals surface area contributed by atoms with E-state index in [9.17, 15) is 13.2 Å². The maximum absolute atomic E-state index is 13.3. The zero-order valence-electron chi connectivity index (χ0n) is 18.0. The van der Waals surface area contributed by atoms with Crippen LogP contribution in [0.2, 0.25) is 0 Å². The molecule has 0 saturated heterocycles. The molecule has 0 fully saturated rings. The number of hydrogen-bond donors (Lipinski definition) is 2. The Balaban J connectivity index is 1.41. The SMILES string of the molecule is NS(=O)(=O)c1ccc(NCCCCN2C(=O)c3ccccc3OC=C2c2ccccc2)cc1. The van der Waals surface area contributed by atoms with Gasteiger partial charge >= 0.3 is 0 Å². The van der Waals surface area contributed by atoms with Crippen molar-refractivity contribution in [1.82, 2.24) is 4.90 Å². The molecule has 1 aliphatic heterocycles. The van der Waals surface area contributed by atoms with Crippen LogP contribution in [0.15, 0.2) is 90.0 Å². The highest BCUT2D eigenvalue weighted by atomic mass is 32.2. The Kier molecular flexibility index (Phi) is 6.76. The van der Waals surface area contributed by atoms with Crippen LogP contribution in [-0.2, 0) is 10.0 Å². The second kappa shape index (κ2) is 9.89. The molecule has 0 bridgehead atoms. The monoisotopic (exact) mass is 463 g/mol. The number of benzene rings is 3. The van der Waals surface area contributed by atoms with Gasteiger partial charge < -0.3 is 15.0 Å². The molecule has 0 unspecified atom stereocenters. The quantitative estimate of drug-likeness (QED) is 0.491. The first-order valence-corrected chi connectivity index (χ1v) is 12.2. The summed E-state index contributed by atoms with van der Waals surface area (Å²) in [5, 5.41) is 8.39. The van der Waals surface area contributed by atoms with Gasteiger partial charge in [0.15, 0.2) is 0 Å². The third-order valence-electron chi connectivity index (χ3n) is 5.34. The third-order valence-corrected chi connectivity index (χ3v) is 6.27. The molecule has 170 valence electrons. The van der Waals surface area contributed by atoms with Crippen molar-refractivity contribution in [1.29, 1.82) is 0 Å². The Morgan fingerprint density at radius 1 is 0.879 bits per heavy atom. The van der Waals surface area contributed by atoms with Crippen LogP contribution in [0.3, 0.4) is 0 Å². The number of fused-ring (bicyclic) bond motifs is 1. The van der Waals surface area contributed by atoms with Gasteiger partial charge in [0.1, 0.15) is 12.0 Å². The van der Waals surface area contributed by atoms with E-state index in [2.05, 4.69) is 5.32 Å². The average molecular weight is 464 g/mol. The minimum atomic E-state index is -3.70. The van der Waals surface area contributed by atoms with Crippen LogP contribution < -0.4 is 15.2 Å². The highest BCUT2D eigenvalue weighted by molar-refractivity contribution is 7.89. The van der Waals surface area contributed by atoms with E-state index in [0.29, 0.717) is 24.4 Å². The van der Waals surface area contributed by atoms with Crippen molar-refractivity contribution in [2.45, 2.75) is 17.7 Å². The van der Waals surface area contributed by atoms with E-state index in [4.69, 9.17) is 9.88 Å². The summed E-state index contributed by atoms with van der Waals surface area (Å²) in [5.41, 5.74) is 2.98. The molecule has 33 heavy (non-hydrogen) atoms. The minimum Gasteiger partial charge on any atom is -0.462 e. The number of carbonyl (C=O) groups is 1. The summed E-state index contributed by atoms with van der Waals surface area (Å²) in [7, 11) is -3.70. The van der Waals surface area contributed by atoms with Crippen molar-refractivity contribution in [3.63, 3.8) is 0 Å². The number of rotatable bonds is 8. The Morgan fingerprint density at radius 3 is 2.30 bits per heavy atom. The molecule has 8 heteroatoms. The summed E-state index contributed by atoms with van der Waals surface area (Å²) in [6.45, 7) is 1.21.